The molecule has 0 saturated carbocycles. The number of carbonyl (C=O) groups excluding carboxylic acids is 2. The van der Waals surface area contributed by atoms with Crippen molar-refractivity contribution < 1.29 is 18.7 Å². The first-order chi connectivity index (χ1) is 16.2. The second-order valence-electron chi connectivity index (χ2n) is 9.16. The summed E-state index contributed by atoms with van der Waals surface area (Å²) in [5.74, 6) is 0.424. The maximum atomic E-state index is 12.8. The molecule has 1 spiro atoms. The Labute approximate surface area is 201 Å². The van der Waals surface area contributed by atoms with Gasteiger partial charge in [-0.25, -0.2) is 0 Å². The number of aryl methyl sites for hydroxylation is 2. The highest BCUT2D eigenvalue weighted by atomic mass is 35.5. The Balaban J connectivity index is 1.29. The average Bonchev–Trinajstić information content (AvgIpc) is 2.80. The predicted molar refractivity (Wildman–Crippen MR) is 131 cm³/mol. The van der Waals surface area contributed by atoms with Crippen LogP contribution >= 0.6 is 11.6 Å². The van der Waals surface area contributed by atoms with Crippen molar-refractivity contribution in [3.63, 3.8) is 0 Å². The molecule has 0 N–H and O–H groups in total. The molecule has 3 heterocycles. The van der Waals surface area contributed by atoms with Crippen molar-refractivity contribution in [2.75, 3.05) is 13.1 Å². The molecule has 1 aromatic heterocycles. The molecule has 3 aromatic rings. The fourth-order valence-corrected chi connectivity index (χ4v) is 5.04. The Hall–Kier alpha value is -3.38. The molecule has 0 atom stereocenters. The van der Waals surface area contributed by atoms with Gasteiger partial charge in [-0.1, -0.05) is 23.2 Å². The van der Waals surface area contributed by atoms with Crippen LogP contribution in [0.5, 0.6) is 5.75 Å². The van der Waals surface area contributed by atoms with E-state index < -0.39 is 5.60 Å². The molecule has 174 valence electrons. The van der Waals surface area contributed by atoms with Crippen LogP contribution in [0.2, 0.25) is 5.02 Å². The third kappa shape index (κ3) is 4.03. The van der Waals surface area contributed by atoms with Crippen LogP contribution in [-0.4, -0.2) is 35.3 Å². The van der Waals surface area contributed by atoms with Crippen molar-refractivity contribution in [1.29, 1.82) is 0 Å². The van der Waals surface area contributed by atoms with Gasteiger partial charge in [-0.05, 0) is 49.8 Å². The molecule has 0 radical (unpaired) electrons. The normalized spacial score (nSPS) is 17.3. The number of Topliss-reactive ketones (excluding diaryl/α,β-unsaturated/α-hetero) is 1. The summed E-state index contributed by atoms with van der Waals surface area (Å²) in [6, 6.07) is 8.88. The quantitative estimate of drug-likeness (QED) is 0.480. The molecule has 0 unspecified atom stereocenters. The number of likely N-dealkylation sites (tertiary alicyclic amines) is 1. The minimum Gasteiger partial charge on any atom is -0.486 e. The number of fused-ring (bicyclic) bond motifs is 2. The van der Waals surface area contributed by atoms with E-state index in [1.165, 1.54) is 18.4 Å². The first-order valence-corrected chi connectivity index (χ1v) is 11.6. The zero-order valence-electron chi connectivity index (χ0n) is 19.0. The predicted octanol–water partition coefficient (Wildman–Crippen LogP) is 5.10. The van der Waals surface area contributed by atoms with Crippen LogP contribution in [0, 0.1) is 13.8 Å². The van der Waals surface area contributed by atoms with Crippen LogP contribution in [0.25, 0.3) is 17.0 Å². The number of amides is 1. The fourth-order valence-electron chi connectivity index (χ4n) is 4.77. The topological polar surface area (TPSA) is 76.8 Å². The van der Waals surface area contributed by atoms with Crippen molar-refractivity contribution >= 4 is 40.3 Å². The number of rotatable bonds is 2. The molecule has 2 aliphatic rings. The van der Waals surface area contributed by atoms with E-state index in [1.54, 1.807) is 29.2 Å². The number of hydrogen-bond acceptors (Lipinski definition) is 5. The summed E-state index contributed by atoms with van der Waals surface area (Å²) in [6.07, 6.45) is 5.66. The molecular formula is C27H24ClNO5. The lowest BCUT2D eigenvalue weighted by atomic mass is 9.82. The van der Waals surface area contributed by atoms with E-state index in [0.717, 1.165) is 11.1 Å². The van der Waals surface area contributed by atoms with E-state index in [9.17, 15) is 14.4 Å². The van der Waals surface area contributed by atoms with Crippen LogP contribution in [-0.2, 0) is 4.79 Å². The molecule has 2 aliphatic heterocycles. The highest BCUT2D eigenvalue weighted by Gasteiger charge is 2.44. The number of nitrogens with zero attached hydrogens (tertiary/aromatic N) is 1. The number of ether oxygens (including phenoxy) is 1. The van der Waals surface area contributed by atoms with Crippen molar-refractivity contribution in [2.45, 2.75) is 38.7 Å². The van der Waals surface area contributed by atoms with Crippen molar-refractivity contribution in [2.24, 2.45) is 0 Å². The summed E-state index contributed by atoms with van der Waals surface area (Å²) < 4.78 is 11.9. The van der Waals surface area contributed by atoms with Crippen LogP contribution in [0.15, 0.2) is 51.9 Å². The Bertz CT molecular complexity index is 1410. The number of benzene rings is 2. The molecular weight excluding hydrogens is 454 g/mol. The number of carbonyl (C=O) groups is 2. The first-order valence-electron chi connectivity index (χ1n) is 11.3. The lowest BCUT2D eigenvalue weighted by molar-refractivity contribution is -0.129. The average molecular weight is 478 g/mol. The van der Waals surface area contributed by atoms with E-state index in [0.29, 0.717) is 58.8 Å². The lowest BCUT2D eigenvalue weighted by Crippen LogP contribution is -2.52. The van der Waals surface area contributed by atoms with Gasteiger partial charge < -0.3 is 14.1 Å². The highest BCUT2D eigenvalue weighted by Crippen LogP contribution is 2.42. The molecule has 0 bridgehead atoms. The maximum absolute atomic E-state index is 12.8. The van der Waals surface area contributed by atoms with Gasteiger partial charge in [0.05, 0.1) is 22.9 Å². The van der Waals surface area contributed by atoms with Crippen molar-refractivity contribution in [3.8, 4) is 5.75 Å². The summed E-state index contributed by atoms with van der Waals surface area (Å²) in [5.41, 5.74) is 2.38. The van der Waals surface area contributed by atoms with Gasteiger partial charge in [-0.3, -0.25) is 14.4 Å². The second-order valence-corrected chi connectivity index (χ2v) is 9.60. The summed E-state index contributed by atoms with van der Waals surface area (Å²) in [4.78, 5) is 40.1. The van der Waals surface area contributed by atoms with E-state index in [-0.39, 0.29) is 23.5 Å². The summed E-state index contributed by atoms with van der Waals surface area (Å²) in [6.45, 7) is 4.71. The number of ketones is 1. The minimum absolute atomic E-state index is 0.0183. The lowest BCUT2D eigenvalue weighted by Gasteiger charge is -2.44. The van der Waals surface area contributed by atoms with E-state index in [2.05, 4.69) is 0 Å². The minimum atomic E-state index is -0.611. The van der Waals surface area contributed by atoms with Crippen LogP contribution < -0.4 is 10.2 Å². The standard InChI is InChI=1S/C27H24ClNO5/c1-16-3-5-23-21(11-16)25(32)18(15-33-23)4-6-24(31)29-9-7-27(8-10-29)14-22(30)20-13-19(28)12-17(2)26(20)34-27/h3-6,11-13,15H,7-10,14H2,1-2H3/b6-4+. The van der Waals surface area contributed by atoms with Gasteiger partial charge in [0.1, 0.15) is 23.2 Å². The molecule has 1 fully saturated rings. The molecule has 34 heavy (non-hydrogen) atoms. The summed E-state index contributed by atoms with van der Waals surface area (Å²) in [7, 11) is 0. The number of halogens is 1. The first kappa shape index (κ1) is 22.4. The van der Waals surface area contributed by atoms with Crippen molar-refractivity contribution in [3.05, 3.63) is 80.2 Å². The van der Waals surface area contributed by atoms with Gasteiger partial charge >= 0.3 is 0 Å². The third-order valence-corrected chi connectivity index (χ3v) is 6.91. The van der Waals surface area contributed by atoms with Gasteiger partial charge in [-0.15, -0.1) is 0 Å². The van der Waals surface area contributed by atoms with E-state index in [4.69, 9.17) is 20.8 Å². The van der Waals surface area contributed by atoms with E-state index in [1.807, 2.05) is 19.9 Å². The Kier molecular flexibility index (Phi) is 5.56. The summed E-state index contributed by atoms with van der Waals surface area (Å²) in [5, 5.41) is 1.01. The molecule has 6 nitrogen and oxygen atoms in total. The molecule has 7 heteroatoms. The molecule has 1 saturated heterocycles. The van der Waals surface area contributed by atoms with Crippen LogP contribution in [0.4, 0.5) is 0 Å². The maximum Gasteiger partial charge on any atom is 0.246 e. The Morgan fingerprint density at radius 2 is 1.88 bits per heavy atom. The van der Waals surface area contributed by atoms with E-state index >= 15 is 0 Å². The largest absolute Gasteiger partial charge is 0.486 e. The molecule has 5 rings (SSSR count). The van der Waals surface area contributed by atoms with Crippen LogP contribution in [0.1, 0.15) is 46.3 Å². The van der Waals surface area contributed by atoms with Crippen LogP contribution in [0.3, 0.4) is 0 Å². The van der Waals surface area contributed by atoms with Gasteiger partial charge in [0.2, 0.25) is 5.91 Å². The third-order valence-electron chi connectivity index (χ3n) is 6.69. The number of hydrogen-bond donors (Lipinski definition) is 0. The number of piperidine rings is 1. The Morgan fingerprint density at radius 3 is 2.65 bits per heavy atom. The second kappa shape index (κ2) is 8.44. The van der Waals surface area contributed by atoms with Gasteiger partial charge in [0.25, 0.3) is 0 Å². The van der Waals surface area contributed by atoms with Crippen molar-refractivity contribution in [1.82, 2.24) is 4.90 Å². The monoisotopic (exact) mass is 477 g/mol. The Morgan fingerprint density at radius 1 is 1.12 bits per heavy atom. The molecule has 2 aromatic carbocycles. The highest BCUT2D eigenvalue weighted by molar-refractivity contribution is 6.31. The smallest absolute Gasteiger partial charge is 0.246 e. The zero-order valence-corrected chi connectivity index (χ0v) is 19.8. The zero-order chi connectivity index (χ0) is 24.0. The molecule has 0 aliphatic carbocycles. The SMILES string of the molecule is Cc1ccc2occ(/C=C/C(=O)N3CCC4(CC3)CC(=O)c3cc(Cl)cc(C)c3O4)c(=O)c2c1. The van der Waals surface area contributed by atoms with Gasteiger partial charge in [-0.2, -0.15) is 0 Å². The fraction of sp³-hybridized carbons (Fsp3) is 0.296. The van der Waals surface area contributed by atoms with Gasteiger partial charge in [0.15, 0.2) is 11.2 Å². The molecule has 1 amide bonds. The summed E-state index contributed by atoms with van der Waals surface area (Å²) >= 11 is 6.11. The van der Waals surface area contributed by atoms with Gasteiger partial charge in [0, 0.05) is 37.0 Å².